The summed E-state index contributed by atoms with van der Waals surface area (Å²) in [5.74, 6) is 0. The molecule has 0 radical (unpaired) electrons. The first-order valence-corrected chi connectivity index (χ1v) is 17.9. The zero-order valence-corrected chi connectivity index (χ0v) is 27.8. The van der Waals surface area contributed by atoms with Gasteiger partial charge in [-0.2, -0.15) is 0 Å². The fourth-order valence-electron chi connectivity index (χ4n) is 8.19. The van der Waals surface area contributed by atoms with E-state index in [0.29, 0.717) is 0 Å². The van der Waals surface area contributed by atoms with Crippen molar-refractivity contribution in [2.24, 2.45) is 0 Å². The number of hydrogen-bond donors (Lipinski definition) is 0. The third kappa shape index (κ3) is 4.06. The number of thiophene rings is 1. The van der Waals surface area contributed by atoms with Gasteiger partial charge in [0.05, 0.1) is 0 Å². The molecule has 232 valence electrons. The van der Waals surface area contributed by atoms with Crippen LogP contribution < -0.4 is 0 Å². The molecule has 0 amide bonds. The van der Waals surface area contributed by atoms with Crippen LogP contribution in [0.25, 0.3) is 108 Å². The van der Waals surface area contributed by atoms with Crippen LogP contribution in [0.2, 0.25) is 0 Å². The Balaban J connectivity index is 1.08. The highest BCUT2D eigenvalue weighted by atomic mass is 32.1. The first-order chi connectivity index (χ1) is 24.8. The average molecular weight is 653 g/mol. The minimum Gasteiger partial charge on any atom is -0.456 e. The third-order valence-electron chi connectivity index (χ3n) is 10.4. The molecule has 11 aromatic rings. The summed E-state index contributed by atoms with van der Waals surface area (Å²) < 4.78 is 8.89. The Bertz CT molecular complexity index is 3090. The minimum atomic E-state index is 0.924. The van der Waals surface area contributed by atoms with E-state index in [1.54, 1.807) is 0 Å². The van der Waals surface area contributed by atoms with Crippen LogP contribution in [0, 0.1) is 0 Å². The minimum absolute atomic E-state index is 0.924. The monoisotopic (exact) mass is 652 g/mol. The summed E-state index contributed by atoms with van der Waals surface area (Å²) in [4.78, 5) is 0. The van der Waals surface area contributed by atoms with Gasteiger partial charge in [0.15, 0.2) is 0 Å². The van der Waals surface area contributed by atoms with Crippen LogP contribution in [0.4, 0.5) is 0 Å². The van der Waals surface area contributed by atoms with Gasteiger partial charge in [0.2, 0.25) is 0 Å². The predicted molar refractivity (Wildman–Crippen MR) is 215 cm³/mol. The summed E-state index contributed by atoms with van der Waals surface area (Å²) >= 11 is 1.88. The smallest absolute Gasteiger partial charge is 0.136 e. The Labute approximate surface area is 292 Å². The molecule has 0 aliphatic heterocycles. The van der Waals surface area contributed by atoms with Crippen molar-refractivity contribution in [3.05, 3.63) is 170 Å². The van der Waals surface area contributed by atoms with Crippen molar-refractivity contribution in [3.8, 4) is 33.4 Å². The Morgan fingerprint density at radius 3 is 1.54 bits per heavy atom. The van der Waals surface area contributed by atoms with E-state index in [0.717, 1.165) is 16.6 Å². The quantitative estimate of drug-likeness (QED) is 0.173. The number of furan rings is 1. The van der Waals surface area contributed by atoms with Gasteiger partial charge in [0.25, 0.3) is 0 Å². The SMILES string of the molecule is c1ccc(-c2c3ccccc3c(-c3ccc4c(c3)sc3cc(-c5ccc6oc7ccc8ccccc8c7c6c5)ccc34)c3ccccc23)cc1. The molecule has 9 aromatic carbocycles. The zero-order valence-electron chi connectivity index (χ0n) is 27.0. The Hall–Kier alpha value is -6.22. The van der Waals surface area contributed by atoms with Gasteiger partial charge < -0.3 is 4.42 Å². The van der Waals surface area contributed by atoms with Crippen LogP contribution in [0.1, 0.15) is 0 Å². The summed E-state index contributed by atoms with van der Waals surface area (Å²) in [5, 5.41) is 12.5. The maximum atomic E-state index is 6.29. The van der Waals surface area contributed by atoms with Gasteiger partial charge in [-0.05, 0) is 96.0 Å². The Morgan fingerprint density at radius 2 is 0.840 bits per heavy atom. The normalized spacial score (nSPS) is 12.0. The van der Waals surface area contributed by atoms with Gasteiger partial charge in [0, 0.05) is 30.9 Å². The molecule has 0 saturated carbocycles. The molecule has 0 atom stereocenters. The van der Waals surface area contributed by atoms with E-state index in [2.05, 4.69) is 170 Å². The average Bonchev–Trinajstić information content (AvgIpc) is 3.74. The third-order valence-corrected chi connectivity index (χ3v) is 11.6. The van der Waals surface area contributed by atoms with Crippen molar-refractivity contribution in [1.29, 1.82) is 0 Å². The van der Waals surface area contributed by atoms with Crippen LogP contribution >= 0.6 is 11.3 Å². The summed E-state index contributed by atoms with van der Waals surface area (Å²) in [7, 11) is 0. The first-order valence-electron chi connectivity index (χ1n) is 17.1. The molecular weight excluding hydrogens is 625 g/mol. The number of benzene rings is 9. The lowest BCUT2D eigenvalue weighted by Crippen LogP contribution is -1.90. The van der Waals surface area contributed by atoms with E-state index >= 15 is 0 Å². The van der Waals surface area contributed by atoms with Crippen molar-refractivity contribution >= 4 is 85.8 Å². The number of hydrogen-bond acceptors (Lipinski definition) is 2. The van der Waals surface area contributed by atoms with E-state index in [-0.39, 0.29) is 0 Å². The van der Waals surface area contributed by atoms with Crippen LogP contribution in [-0.2, 0) is 0 Å². The lowest BCUT2D eigenvalue weighted by molar-refractivity contribution is 0.669. The van der Waals surface area contributed by atoms with Crippen LogP contribution in [0.5, 0.6) is 0 Å². The molecule has 2 heterocycles. The van der Waals surface area contributed by atoms with Crippen molar-refractivity contribution in [2.75, 3.05) is 0 Å². The maximum absolute atomic E-state index is 6.29. The largest absolute Gasteiger partial charge is 0.456 e. The maximum Gasteiger partial charge on any atom is 0.136 e. The molecule has 2 aromatic heterocycles. The zero-order chi connectivity index (χ0) is 32.8. The molecule has 0 fully saturated rings. The first kappa shape index (κ1) is 27.7. The number of fused-ring (bicyclic) bond motifs is 10. The second-order valence-corrected chi connectivity index (χ2v) is 14.3. The molecule has 50 heavy (non-hydrogen) atoms. The molecule has 2 heteroatoms. The summed E-state index contributed by atoms with van der Waals surface area (Å²) in [6.45, 7) is 0. The fourth-order valence-corrected chi connectivity index (χ4v) is 9.38. The van der Waals surface area contributed by atoms with E-state index in [1.165, 1.54) is 91.3 Å². The van der Waals surface area contributed by atoms with E-state index < -0.39 is 0 Å². The van der Waals surface area contributed by atoms with Gasteiger partial charge in [-0.15, -0.1) is 11.3 Å². The van der Waals surface area contributed by atoms with Gasteiger partial charge in [-0.3, -0.25) is 0 Å². The number of rotatable bonds is 3. The highest BCUT2D eigenvalue weighted by Crippen LogP contribution is 2.46. The topological polar surface area (TPSA) is 13.1 Å². The predicted octanol–water partition coefficient (Wildman–Crippen LogP) is 14.4. The molecule has 0 N–H and O–H groups in total. The van der Waals surface area contributed by atoms with Crippen molar-refractivity contribution < 1.29 is 4.42 Å². The van der Waals surface area contributed by atoms with Gasteiger partial charge >= 0.3 is 0 Å². The lowest BCUT2D eigenvalue weighted by atomic mass is 9.86. The highest BCUT2D eigenvalue weighted by Gasteiger charge is 2.18. The van der Waals surface area contributed by atoms with Crippen LogP contribution in [0.3, 0.4) is 0 Å². The van der Waals surface area contributed by atoms with Crippen molar-refractivity contribution in [3.63, 3.8) is 0 Å². The molecule has 11 rings (SSSR count). The van der Waals surface area contributed by atoms with E-state index in [1.807, 2.05) is 11.3 Å². The van der Waals surface area contributed by atoms with Gasteiger partial charge in [-0.25, -0.2) is 0 Å². The summed E-state index contributed by atoms with van der Waals surface area (Å²) in [6, 6.07) is 62.0. The fraction of sp³-hybridized carbons (Fsp3) is 0. The van der Waals surface area contributed by atoms with Crippen molar-refractivity contribution in [2.45, 2.75) is 0 Å². The van der Waals surface area contributed by atoms with Crippen LogP contribution in [0.15, 0.2) is 174 Å². The second kappa shape index (κ2) is 10.6. The Kier molecular flexibility index (Phi) is 5.89. The van der Waals surface area contributed by atoms with E-state index in [9.17, 15) is 0 Å². The molecule has 0 spiro atoms. The van der Waals surface area contributed by atoms with Crippen molar-refractivity contribution in [1.82, 2.24) is 0 Å². The molecule has 0 aliphatic carbocycles. The Morgan fingerprint density at radius 1 is 0.320 bits per heavy atom. The standard InChI is InChI=1S/C48H28OS/c1-2-11-30(12-3-1)46-37-14-6-8-16-39(37)47(40-17-9-7-15-38(40)46)33-19-23-36-35-22-18-32(27-44(35)50-45(36)28-33)31-21-24-42-41(26-31)48-34-13-5-4-10-29(34)20-25-43(48)49-42/h1-28H. The van der Waals surface area contributed by atoms with Gasteiger partial charge in [-0.1, -0.05) is 140 Å². The summed E-state index contributed by atoms with van der Waals surface area (Å²) in [6.07, 6.45) is 0. The van der Waals surface area contributed by atoms with E-state index in [4.69, 9.17) is 4.42 Å². The van der Waals surface area contributed by atoms with Crippen LogP contribution in [-0.4, -0.2) is 0 Å². The molecular formula is C48H28OS. The van der Waals surface area contributed by atoms with Gasteiger partial charge in [0.1, 0.15) is 11.2 Å². The lowest BCUT2D eigenvalue weighted by Gasteiger charge is -2.17. The second-order valence-electron chi connectivity index (χ2n) is 13.2. The molecule has 0 saturated heterocycles. The molecule has 0 aliphatic rings. The highest BCUT2D eigenvalue weighted by molar-refractivity contribution is 7.25. The molecule has 0 bridgehead atoms. The summed E-state index contributed by atoms with van der Waals surface area (Å²) in [5.41, 5.74) is 9.36. The molecule has 0 unspecified atom stereocenters. The molecule has 1 nitrogen and oxygen atoms in total.